The molecule has 1 fully saturated rings. The van der Waals surface area contributed by atoms with Gasteiger partial charge in [-0.1, -0.05) is 18.6 Å². The zero-order valence-corrected chi connectivity index (χ0v) is 12.6. The predicted molar refractivity (Wildman–Crippen MR) is 79.2 cm³/mol. The van der Waals surface area contributed by atoms with Crippen molar-refractivity contribution in [3.8, 4) is 5.75 Å². The minimum atomic E-state index is -0.524. The molecular weight excluding hydrogens is 254 g/mol. The molecule has 1 aromatic carbocycles. The highest BCUT2D eigenvalue weighted by Gasteiger charge is 2.20. The maximum atomic E-state index is 9.83. The molecule has 2 rings (SSSR count). The zero-order chi connectivity index (χ0) is 14.5. The van der Waals surface area contributed by atoms with Gasteiger partial charge < -0.3 is 14.6 Å². The minimum absolute atomic E-state index is 0.104. The number of likely N-dealkylation sites (N-methyl/N-ethyl adjacent to an activating group) is 1. The quantitative estimate of drug-likeness (QED) is 0.897. The van der Waals surface area contributed by atoms with Crippen LogP contribution < -0.4 is 4.74 Å². The number of hydrogen-bond donors (Lipinski definition) is 1. The summed E-state index contributed by atoms with van der Waals surface area (Å²) in [5, 5.41) is 9.83. The second-order valence-corrected chi connectivity index (χ2v) is 5.41. The molecule has 0 amide bonds. The first-order chi connectivity index (χ1) is 9.60. The van der Waals surface area contributed by atoms with Crippen LogP contribution in [0.5, 0.6) is 5.75 Å². The van der Waals surface area contributed by atoms with E-state index in [9.17, 15) is 5.11 Å². The minimum Gasteiger partial charge on any atom is -0.490 e. The Kier molecular flexibility index (Phi) is 5.40. The van der Waals surface area contributed by atoms with E-state index in [-0.39, 0.29) is 6.10 Å². The van der Waals surface area contributed by atoms with Crippen molar-refractivity contribution in [1.82, 2.24) is 4.90 Å². The smallest absolute Gasteiger partial charge is 0.125 e. The third-order valence-corrected chi connectivity index (χ3v) is 3.71. The van der Waals surface area contributed by atoms with Gasteiger partial charge in [0, 0.05) is 18.7 Å². The molecule has 4 heteroatoms. The maximum absolute atomic E-state index is 9.83. The molecule has 0 aromatic heterocycles. The van der Waals surface area contributed by atoms with Crippen LogP contribution >= 0.6 is 0 Å². The molecule has 0 radical (unpaired) electrons. The Morgan fingerprint density at radius 2 is 2.30 bits per heavy atom. The van der Waals surface area contributed by atoms with E-state index in [0.717, 1.165) is 43.1 Å². The monoisotopic (exact) mass is 279 g/mol. The van der Waals surface area contributed by atoms with Gasteiger partial charge in [-0.3, -0.25) is 4.90 Å². The van der Waals surface area contributed by atoms with Gasteiger partial charge in [0.15, 0.2) is 0 Å². The molecule has 1 heterocycles. The van der Waals surface area contributed by atoms with E-state index in [4.69, 9.17) is 9.47 Å². The molecule has 2 unspecified atom stereocenters. The lowest BCUT2D eigenvalue weighted by Crippen LogP contribution is -2.44. The normalized spacial score (nSPS) is 21.7. The van der Waals surface area contributed by atoms with Crippen LogP contribution in [0, 0.1) is 6.92 Å². The second kappa shape index (κ2) is 7.07. The molecule has 112 valence electrons. The number of morpholine rings is 1. The number of benzene rings is 1. The fourth-order valence-corrected chi connectivity index (χ4v) is 2.48. The molecule has 1 aromatic rings. The predicted octanol–water partition coefficient (Wildman–Crippen LogP) is 2.15. The lowest BCUT2D eigenvalue weighted by atomic mass is 10.1. The fourth-order valence-electron chi connectivity index (χ4n) is 2.48. The highest BCUT2D eigenvalue weighted by Crippen LogP contribution is 2.26. The molecule has 20 heavy (non-hydrogen) atoms. The molecule has 0 bridgehead atoms. The molecule has 1 aliphatic rings. The van der Waals surface area contributed by atoms with Gasteiger partial charge in [0.2, 0.25) is 0 Å². The van der Waals surface area contributed by atoms with E-state index >= 15 is 0 Å². The number of aliphatic hydroxyl groups excluding tert-OH is 1. The molecule has 0 aliphatic carbocycles. The lowest BCUT2D eigenvalue weighted by Gasteiger charge is -2.32. The summed E-state index contributed by atoms with van der Waals surface area (Å²) in [5.41, 5.74) is 1.97. The van der Waals surface area contributed by atoms with E-state index in [1.54, 1.807) is 6.92 Å². The summed E-state index contributed by atoms with van der Waals surface area (Å²) < 4.78 is 11.6. The number of ether oxygens (including phenoxy) is 2. The summed E-state index contributed by atoms with van der Waals surface area (Å²) in [6.07, 6.45) is -0.420. The Morgan fingerprint density at radius 3 is 3.00 bits per heavy atom. The van der Waals surface area contributed by atoms with Gasteiger partial charge in [-0.2, -0.15) is 0 Å². The third-order valence-electron chi connectivity index (χ3n) is 3.71. The second-order valence-electron chi connectivity index (χ2n) is 5.41. The van der Waals surface area contributed by atoms with Crippen molar-refractivity contribution in [1.29, 1.82) is 0 Å². The van der Waals surface area contributed by atoms with Crippen molar-refractivity contribution in [2.24, 2.45) is 0 Å². The van der Waals surface area contributed by atoms with Crippen LogP contribution in [0.2, 0.25) is 0 Å². The first kappa shape index (κ1) is 15.3. The van der Waals surface area contributed by atoms with Crippen molar-refractivity contribution < 1.29 is 14.6 Å². The summed E-state index contributed by atoms with van der Waals surface area (Å²) in [6.45, 7) is 10.2. The van der Waals surface area contributed by atoms with Crippen molar-refractivity contribution in [2.75, 3.05) is 32.8 Å². The molecule has 1 aliphatic heterocycles. The van der Waals surface area contributed by atoms with Gasteiger partial charge in [0.05, 0.1) is 12.7 Å². The van der Waals surface area contributed by atoms with E-state index in [1.807, 2.05) is 25.1 Å². The van der Waals surface area contributed by atoms with Crippen molar-refractivity contribution in [3.63, 3.8) is 0 Å². The molecule has 4 nitrogen and oxygen atoms in total. The van der Waals surface area contributed by atoms with Gasteiger partial charge >= 0.3 is 0 Å². The summed E-state index contributed by atoms with van der Waals surface area (Å²) >= 11 is 0. The first-order valence-corrected chi connectivity index (χ1v) is 7.35. The number of rotatable bonds is 5. The standard InChI is InChI=1S/C16H25NO3/c1-4-17-7-8-19-14(10-17)11-20-16-6-5-12(2)9-15(16)13(3)18/h5-6,9,13-14,18H,4,7-8,10-11H2,1-3H3. The molecule has 2 atom stereocenters. The van der Waals surface area contributed by atoms with Gasteiger partial charge in [-0.25, -0.2) is 0 Å². The Hall–Kier alpha value is -1.10. The van der Waals surface area contributed by atoms with Crippen molar-refractivity contribution in [3.05, 3.63) is 29.3 Å². The van der Waals surface area contributed by atoms with E-state index in [0.29, 0.717) is 6.61 Å². The Balaban J connectivity index is 1.96. The molecular formula is C16H25NO3. The van der Waals surface area contributed by atoms with Crippen LogP contribution in [0.15, 0.2) is 18.2 Å². The zero-order valence-electron chi connectivity index (χ0n) is 12.6. The third kappa shape index (κ3) is 3.95. The summed E-state index contributed by atoms with van der Waals surface area (Å²) in [5.74, 6) is 0.753. The van der Waals surface area contributed by atoms with Crippen molar-refractivity contribution in [2.45, 2.75) is 33.0 Å². The molecule has 1 saturated heterocycles. The molecule has 0 spiro atoms. The topological polar surface area (TPSA) is 41.9 Å². The summed E-state index contributed by atoms with van der Waals surface area (Å²) in [4.78, 5) is 2.36. The highest BCUT2D eigenvalue weighted by molar-refractivity contribution is 5.38. The van der Waals surface area contributed by atoms with Crippen LogP contribution in [-0.2, 0) is 4.74 Å². The van der Waals surface area contributed by atoms with Crippen LogP contribution in [0.1, 0.15) is 31.1 Å². The molecule has 1 N–H and O–H groups in total. The SMILES string of the molecule is CCN1CCOC(COc2ccc(C)cc2C(C)O)C1. The Labute approximate surface area is 121 Å². The lowest BCUT2D eigenvalue weighted by molar-refractivity contribution is -0.0467. The largest absolute Gasteiger partial charge is 0.490 e. The van der Waals surface area contributed by atoms with Gasteiger partial charge in [-0.15, -0.1) is 0 Å². The first-order valence-electron chi connectivity index (χ1n) is 7.35. The Bertz CT molecular complexity index is 434. The Morgan fingerprint density at radius 1 is 1.50 bits per heavy atom. The van der Waals surface area contributed by atoms with Gasteiger partial charge in [0.1, 0.15) is 18.5 Å². The van der Waals surface area contributed by atoms with E-state index < -0.39 is 6.10 Å². The van der Waals surface area contributed by atoms with Crippen molar-refractivity contribution >= 4 is 0 Å². The van der Waals surface area contributed by atoms with Crippen LogP contribution in [0.3, 0.4) is 0 Å². The van der Waals surface area contributed by atoms with Gasteiger partial charge in [-0.05, 0) is 32.5 Å². The van der Waals surface area contributed by atoms with Gasteiger partial charge in [0.25, 0.3) is 0 Å². The number of aryl methyl sites for hydroxylation is 1. The average molecular weight is 279 g/mol. The molecule has 0 saturated carbocycles. The van der Waals surface area contributed by atoms with Crippen LogP contribution in [-0.4, -0.2) is 49.0 Å². The number of hydrogen-bond acceptors (Lipinski definition) is 4. The van der Waals surface area contributed by atoms with Crippen LogP contribution in [0.25, 0.3) is 0 Å². The fraction of sp³-hybridized carbons (Fsp3) is 0.625. The number of aliphatic hydroxyl groups is 1. The average Bonchev–Trinajstić information content (AvgIpc) is 2.46. The van der Waals surface area contributed by atoms with E-state index in [1.165, 1.54) is 0 Å². The summed E-state index contributed by atoms with van der Waals surface area (Å²) in [7, 11) is 0. The highest BCUT2D eigenvalue weighted by atomic mass is 16.5. The maximum Gasteiger partial charge on any atom is 0.125 e. The van der Waals surface area contributed by atoms with E-state index in [2.05, 4.69) is 11.8 Å². The number of nitrogens with zero attached hydrogens (tertiary/aromatic N) is 1. The summed E-state index contributed by atoms with van der Waals surface area (Å²) in [6, 6.07) is 5.90. The van der Waals surface area contributed by atoms with Crippen LogP contribution in [0.4, 0.5) is 0 Å².